The number of phenols is 2. The lowest BCUT2D eigenvalue weighted by molar-refractivity contribution is -0.144. The molecule has 19 nitrogen and oxygen atoms in total. The second kappa shape index (κ2) is 16.9. The van der Waals surface area contributed by atoms with E-state index in [0.717, 1.165) is 22.7 Å². The number of benzene rings is 1. The molecule has 0 aliphatic carbocycles. The van der Waals surface area contributed by atoms with Crippen LogP contribution in [0.1, 0.15) is 55.6 Å². The molecule has 9 N–H and O–H groups in total. The topological polar surface area (TPSA) is 290 Å². The zero-order valence-electron chi connectivity index (χ0n) is 28.5. The summed E-state index contributed by atoms with van der Waals surface area (Å²) >= 11 is 0.970. The number of aliphatic hydroxyl groups is 2. The summed E-state index contributed by atoms with van der Waals surface area (Å²) < 4.78 is 10.5. The number of likely N-dealkylation sites (tertiary alicyclic amines) is 1. The lowest BCUT2D eigenvalue weighted by Gasteiger charge is -2.31. The summed E-state index contributed by atoms with van der Waals surface area (Å²) in [5.74, 6) is -7.70. The van der Waals surface area contributed by atoms with Crippen molar-refractivity contribution in [3.05, 3.63) is 22.8 Å². The Bertz CT molecular complexity index is 1550. The second-order valence-electron chi connectivity index (χ2n) is 12.9. The van der Waals surface area contributed by atoms with Crippen molar-refractivity contribution in [2.24, 2.45) is 0 Å². The number of carbonyl (C=O) groups excluding carboxylic acids is 6. The van der Waals surface area contributed by atoms with Crippen LogP contribution in [-0.2, 0) is 39.2 Å². The molecule has 1 aromatic carbocycles. The van der Waals surface area contributed by atoms with E-state index in [1.54, 1.807) is 20.8 Å². The Morgan fingerprint density at radius 2 is 1.78 bits per heavy atom. The van der Waals surface area contributed by atoms with Gasteiger partial charge in [0.15, 0.2) is 0 Å². The minimum Gasteiger partial charge on any atom is -0.508 e. The summed E-state index contributed by atoms with van der Waals surface area (Å²) in [6.45, 7) is 5.34. The van der Waals surface area contributed by atoms with Gasteiger partial charge in [0.1, 0.15) is 53.9 Å². The van der Waals surface area contributed by atoms with Gasteiger partial charge in [-0.1, -0.05) is 0 Å². The van der Waals surface area contributed by atoms with E-state index in [-0.39, 0.29) is 41.2 Å². The second-order valence-corrected chi connectivity index (χ2v) is 13.9. The van der Waals surface area contributed by atoms with Crippen molar-refractivity contribution in [1.82, 2.24) is 26.2 Å². The van der Waals surface area contributed by atoms with Crippen LogP contribution in [0.5, 0.6) is 11.5 Å². The molecule has 0 spiro atoms. The number of rotatable bonds is 8. The molecule has 3 rings (SSSR count). The van der Waals surface area contributed by atoms with Crippen LogP contribution in [0, 0.1) is 6.92 Å². The number of nitrogens with one attached hydrogen (secondary N) is 4. The number of carboxylic acids is 1. The highest BCUT2D eigenvalue weighted by Crippen LogP contribution is 2.35. The normalized spacial score (nSPS) is 22.5. The number of esters is 1. The average Bonchev–Trinajstić information content (AvgIpc) is 3.42. The van der Waals surface area contributed by atoms with Crippen molar-refractivity contribution in [3.63, 3.8) is 0 Å². The maximum atomic E-state index is 13.7. The van der Waals surface area contributed by atoms with Gasteiger partial charge in [-0.05, 0) is 41.0 Å². The number of aliphatic carboxylic acids is 1. The van der Waals surface area contributed by atoms with Gasteiger partial charge in [0.2, 0.25) is 23.6 Å². The van der Waals surface area contributed by atoms with Gasteiger partial charge in [0.05, 0.1) is 18.3 Å². The zero-order valence-corrected chi connectivity index (χ0v) is 29.4. The molecular weight excluding hydrogens is 698 g/mol. The molecule has 0 aromatic heterocycles. The van der Waals surface area contributed by atoms with Crippen LogP contribution in [0.25, 0.3) is 0 Å². The highest BCUT2D eigenvalue weighted by atomic mass is 32.2. The van der Waals surface area contributed by atoms with Gasteiger partial charge in [0, 0.05) is 35.2 Å². The Morgan fingerprint density at radius 1 is 1.12 bits per heavy atom. The van der Waals surface area contributed by atoms with Crippen molar-refractivity contribution >= 4 is 53.4 Å². The Balaban J connectivity index is 1.93. The Morgan fingerprint density at radius 3 is 2.39 bits per heavy atom. The van der Waals surface area contributed by atoms with Gasteiger partial charge in [-0.3, -0.25) is 24.0 Å². The molecule has 0 saturated carbocycles. The Kier molecular flexibility index (Phi) is 13.5. The van der Waals surface area contributed by atoms with Gasteiger partial charge in [0.25, 0.3) is 0 Å². The number of aromatic hydroxyl groups is 2. The maximum Gasteiger partial charge on any atom is 0.408 e. The minimum absolute atomic E-state index is 0.0294. The number of alkyl carbamates (subject to hydrolysis) is 1. The van der Waals surface area contributed by atoms with Crippen molar-refractivity contribution in [1.29, 1.82) is 0 Å². The molecule has 0 radical (unpaired) electrons. The average molecular weight is 742 g/mol. The lowest BCUT2D eigenvalue weighted by atomic mass is 10.0. The van der Waals surface area contributed by atoms with Crippen molar-refractivity contribution in [2.75, 3.05) is 25.5 Å². The highest BCUT2D eigenvalue weighted by molar-refractivity contribution is 7.98. The molecule has 20 heteroatoms. The van der Waals surface area contributed by atoms with Crippen LogP contribution in [-0.4, -0.2) is 140 Å². The first-order valence-corrected chi connectivity index (χ1v) is 16.9. The van der Waals surface area contributed by atoms with Gasteiger partial charge < -0.3 is 61.2 Å². The van der Waals surface area contributed by atoms with Gasteiger partial charge in [-0.2, -0.15) is 11.8 Å². The van der Waals surface area contributed by atoms with Gasteiger partial charge in [-0.25, -0.2) is 9.59 Å². The Hall–Kier alpha value is -4.82. The molecule has 2 aliphatic heterocycles. The number of aliphatic hydroxyl groups excluding tert-OH is 2. The standard InChI is InChI=1S/C31H43N5O14S/c1-13-20(39)8-21(40)15-11-51-12-18(25(42)32-14(2)28(45)46)34-24(41)17(10-49-29(47)22(13)15)33-26(43)23-19(38)6-7-36(23)27(44)16(9-37)35-30(48)50-31(3,4)5/h8,14,16-19,23,37-40H,6-7,9-12H2,1-5H3,(H,32,42)(H,33,43)(H,34,41)(H,35,48)(H,45,46)/t14-,16-,17-,18+,19+,23-/m0/s1. The lowest BCUT2D eigenvalue weighted by Crippen LogP contribution is -2.61. The third kappa shape index (κ3) is 10.4. The van der Waals surface area contributed by atoms with Crippen LogP contribution in [0.4, 0.5) is 4.79 Å². The number of phenolic OH excluding ortho intramolecular Hbond substituents is 2. The zero-order chi connectivity index (χ0) is 38.4. The molecule has 1 aromatic rings. The van der Waals surface area contributed by atoms with Crippen LogP contribution < -0.4 is 21.3 Å². The first-order chi connectivity index (χ1) is 23.7. The number of ether oxygens (including phenoxy) is 2. The first kappa shape index (κ1) is 40.6. The molecule has 2 aliphatic rings. The van der Waals surface area contributed by atoms with Crippen LogP contribution >= 0.6 is 11.8 Å². The Labute approximate surface area is 296 Å². The van der Waals surface area contributed by atoms with E-state index < -0.39 is 108 Å². The predicted molar refractivity (Wildman–Crippen MR) is 176 cm³/mol. The first-order valence-electron chi connectivity index (χ1n) is 15.8. The van der Waals surface area contributed by atoms with E-state index >= 15 is 0 Å². The van der Waals surface area contributed by atoms with Gasteiger partial charge in [-0.15, -0.1) is 0 Å². The third-order valence-corrected chi connectivity index (χ3v) is 8.91. The number of hydrogen-bond acceptors (Lipinski definition) is 14. The molecule has 6 atom stereocenters. The van der Waals surface area contributed by atoms with E-state index in [1.807, 2.05) is 0 Å². The highest BCUT2D eigenvalue weighted by Gasteiger charge is 2.44. The predicted octanol–water partition coefficient (Wildman–Crippen LogP) is -1.78. The van der Waals surface area contributed by atoms with Crippen LogP contribution in [0.2, 0.25) is 0 Å². The van der Waals surface area contributed by atoms with Crippen molar-refractivity contribution in [2.45, 2.75) is 88.7 Å². The largest absolute Gasteiger partial charge is 0.508 e. The van der Waals surface area contributed by atoms with E-state index in [9.17, 15) is 59.1 Å². The van der Waals surface area contributed by atoms with Crippen molar-refractivity contribution in [3.8, 4) is 11.5 Å². The van der Waals surface area contributed by atoms with Crippen LogP contribution in [0.15, 0.2) is 6.07 Å². The fourth-order valence-electron chi connectivity index (χ4n) is 5.19. The molecule has 51 heavy (non-hydrogen) atoms. The summed E-state index contributed by atoms with van der Waals surface area (Å²) in [6.07, 6.45) is -2.61. The maximum absolute atomic E-state index is 13.7. The molecule has 0 bridgehead atoms. The van der Waals surface area contributed by atoms with E-state index in [4.69, 9.17) is 9.47 Å². The molecular formula is C31H43N5O14S. The number of hydrogen-bond donors (Lipinski definition) is 9. The summed E-state index contributed by atoms with van der Waals surface area (Å²) in [7, 11) is 0. The number of cyclic esters (lactones) is 1. The summed E-state index contributed by atoms with van der Waals surface area (Å²) in [6, 6.07) is -6.76. The van der Waals surface area contributed by atoms with Gasteiger partial charge >= 0.3 is 18.0 Å². The molecule has 5 amide bonds. The van der Waals surface area contributed by atoms with E-state index in [2.05, 4.69) is 21.3 Å². The summed E-state index contributed by atoms with van der Waals surface area (Å²) in [5.41, 5.74) is -1.11. The van der Waals surface area contributed by atoms with E-state index in [1.165, 1.54) is 13.8 Å². The number of nitrogens with zero attached hydrogens (tertiary/aromatic N) is 1. The summed E-state index contributed by atoms with van der Waals surface area (Å²) in [4.78, 5) is 91.6. The molecule has 1 fully saturated rings. The summed E-state index contributed by atoms with van der Waals surface area (Å²) in [5, 5.41) is 59.9. The quantitative estimate of drug-likeness (QED) is 0.133. The molecule has 1 saturated heterocycles. The number of carbonyl (C=O) groups is 7. The SMILES string of the molecule is Cc1c(O)cc(O)c2c1C(=O)OC[C@H](NC(=O)[C@@H]1[C@H](O)CCN1C(=O)[C@H](CO)NC(=O)OC(C)(C)C)C(=O)N[C@@H](C(=O)N[C@@H](C)C(=O)O)CSC2. The number of thioether (sulfide) groups is 1. The molecule has 0 unspecified atom stereocenters. The fourth-order valence-corrected chi connectivity index (χ4v) is 6.27. The third-order valence-electron chi connectivity index (χ3n) is 7.84. The van der Waals surface area contributed by atoms with Crippen LogP contribution in [0.3, 0.4) is 0 Å². The smallest absolute Gasteiger partial charge is 0.408 e. The molecule has 282 valence electrons. The number of carboxylic acid groups (broad SMARTS) is 1. The molecule has 2 heterocycles. The van der Waals surface area contributed by atoms with E-state index in [0.29, 0.717) is 0 Å². The number of amides is 5. The monoisotopic (exact) mass is 741 g/mol. The van der Waals surface area contributed by atoms with Crippen molar-refractivity contribution < 1.29 is 68.6 Å². The minimum atomic E-state index is -1.77. The number of fused-ring (bicyclic) bond motifs is 1. The fraction of sp³-hybridized carbons (Fsp3) is 0.581.